The Hall–Kier alpha value is -0.120. The van der Waals surface area contributed by atoms with Crippen LogP contribution in [0.15, 0.2) is 0 Å². The minimum Gasteiger partial charge on any atom is -0.376 e. The van der Waals surface area contributed by atoms with Gasteiger partial charge in [0.15, 0.2) is 0 Å². The smallest absolute Gasteiger partial charge is 0.0680 e. The molecule has 1 fully saturated rings. The molecule has 3 heteroatoms. The summed E-state index contributed by atoms with van der Waals surface area (Å²) in [5, 5.41) is 3.48. The third-order valence-electron chi connectivity index (χ3n) is 6.16. The van der Waals surface area contributed by atoms with Crippen LogP contribution in [0, 0.1) is 11.8 Å². The minimum atomic E-state index is -0.0533. The molecule has 1 saturated carbocycles. The monoisotopic (exact) mass is 327 g/mol. The largest absolute Gasteiger partial charge is 0.376 e. The van der Waals surface area contributed by atoms with Crippen LogP contribution in [0.2, 0.25) is 0 Å². The first-order valence-electron chi connectivity index (χ1n) is 9.57. The number of ether oxygens (including phenoxy) is 2. The van der Waals surface area contributed by atoms with Crippen LogP contribution in [0.3, 0.4) is 0 Å². The molecule has 0 radical (unpaired) electrons. The average molecular weight is 328 g/mol. The molecule has 0 bridgehead atoms. The highest BCUT2D eigenvalue weighted by Gasteiger charge is 2.43. The quantitative estimate of drug-likeness (QED) is 0.625. The van der Waals surface area contributed by atoms with Crippen molar-refractivity contribution >= 4 is 0 Å². The molecule has 0 amide bonds. The summed E-state index contributed by atoms with van der Waals surface area (Å²) >= 11 is 0. The molecule has 1 aliphatic rings. The van der Waals surface area contributed by atoms with E-state index in [4.69, 9.17) is 9.47 Å². The van der Waals surface area contributed by atoms with Crippen molar-refractivity contribution in [3.05, 3.63) is 0 Å². The van der Waals surface area contributed by atoms with Crippen LogP contribution in [0.5, 0.6) is 0 Å². The van der Waals surface area contributed by atoms with E-state index in [9.17, 15) is 0 Å². The minimum absolute atomic E-state index is 0.0414. The molecule has 1 aliphatic carbocycles. The second kappa shape index (κ2) is 8.31. The van der Waals surface area contributed by atoms with Crippen molar-refractivity contribution < 1.29 is 9.47 Å². The number of hydrogen-bond acceptors (Lipinski definition) is 3. The van der Waals surface area contributed by atoms with Crippen molar-refractivity contribution in [2.24, 2.45) is 11.8 Å². The van der Waals surface area contributed by atoms with E-state index in [1.165, 1.54) is 12.8 Å². The van der Waals surface area contributed by atoms with Crippen molar-refractivity contribution in [3.8, 4) is 0 Å². The molecule has 0 spiro atoms. The molecule has 0 saturated heterocycles. The van der Waals surface area contributed by atoms with E-state index in [0.717, 1.165) is 32.5 Å². The lowest BCUT2D eigenvalue weighted by atomic mass is 9.68. The molecule has 4 atom stereocenters. The summed E-state index contributed by atoms with van der Waals surface area (Å²) in [6.45, 7) is 17.2. The third-order valence-corrected chi connectivity index (χ3v) is 6.16. The highest BCUT2D eigenvalue weighted by molar-refractivity contribution is 4.99. The molecule has 0 aromatic rings. The van der Waals surface area contributed by atoms with Crippen LogP contribution >= 0.6 is 0 Å². The van der Waals surface area contributed by atoms with Crippen LogP contribution in [-0.2, 0) is 9.47 Å². The summed E-state index contributed by atoms with van der Waals surface area (Å²) in [6, 6.07) is 0. The standard InChI is InChI=1S/C20H41NO2/c1-9-16(12-14-22-18(3,4)5)20(7,10-2)23-15-17-11-13-19(17,6)21-8/h16-17,21H,9-15H2,1-8H3. The second-order valence-corrected chi connectivity index (χ2v) is 8.73. The Labute approximate surface area is 144 Å². The SMILES string of the molecule is CCC(CCOC(C)(C)C)C(C)(CC)OCC1CCC1(C)NC. The van der Waals surface area contributed by atoms with Gasteiger partial charge in [-0.15, -0.1) is 0 Å². The normalized spacial score (nSPS) is 29.0. The van der Waals surface area contributed by atoms with Crippen LogP contribution in [0.4, 0.5) is 0 Å². The summed E-state index contributed by atoms with van der Waals surface area (Å²) in [5.41, 5.74) is 0.175. The van der Waals surface area contributed by atoms with Gasteiger partial charge in [0.1, 0.15) is 0 Å². The summed E-state index contributed by atoms with van der Waals surface area (Å²) in [6.07, 6.45) is 5.82. The average Bonchev–Trinajstić information content (AvgIpc) is 2.48. The summed E-state index contributed by atoms with van der Waals surface area (Å²) in [7, 11) is 2.07. The van der Waals surface area contributed by atoms with Gasteiger partial charge in [0.05, 0.1) is 17.8 Å². The Morgan fingerprint density at radius 3 is 2.22 bits per heavy atom. The molecular weight excluding hydrogens is 286 g/mol. The summed E-state index contributed by atoms with van der Waals surface area (Å²) in [4.78, 5) is 0. The maximum atomic E-state index is 6.52. The van der Waals surface area contributed by atoms with Crippen LogP contribution in [0.25, 0.3) is 0 Å². The third kappa shape index (κ3) is 5.72. The molecule has 1 rings (SSSR count). The first-order chi connectivity index (χ1) is 10.6. The zero-order valence-corrected chi connectivity index (χ0v) is 16.9. The van der Waals surface area contributed by atoms with Gasteiger partial charge >= 0.3 is 0 Å². The van der Waals surface area contributed by atoms with Gasteiger partial charge in [0.25, 0.3) is 0 Å². The van der Waals surface area contributed by atoms with E-state index in [2.05, 4.69) is 60.8 Å². The van der Waals surface area contributed by atoms with Crippen molar-refractivity contribution in [2.45, 2.75) is 97.3 Å². The highest BCUT2D eigenvalue weighted by atomic mass is 16.5. The topological polar surface area (TPSA) is 30.5 Å². The number of nitrogens with one attached hydrogen (secondary N) is 1. The maximum Gasteiger partial charge on any atom is 0.0680 e. The van der Waals surface area contributed by atoms with E-state index in [1.807, 2.05) is 0 Å². The van der Waals surface area contributed by atoms with Crippen molar-refractivity contribution in [1.29, 1.82) is 0 Å². The van der Waals surface area contributed by atoms with E-state index in [-0.39, 0.29) is 16.7 Å². The van der Waals surface area contributed by atoms with Crippen molar-refractivity contribution in [1.82, 2.24) is 5.32 Å². The molecule has 0 aromatic heterocycles. The van der Waals surface area contributed by atoms with Gasteiger partial charge in [0.2, 0.25) is 0 Å². The molecular formula is C20H41NO2. The molecule has 138 valence electrons. The van der Waals surface area contributed by atoms with Gasteiger partial charge in [-0.05, 0) is 73.3 Å². The molecule has 0 aromatic carbocycles. The highest BCUT2D eigenvalue weighted by Crippen LogP contribution is 2.40. The fourth-order valence-electron chi connectivity index (χ4n) is 3.63. The predicted octanol–water partition coefficient (Wildman–Crippen LogP) is 4.79. The molecule has 23 heavy (non-hydrogen) atoms. The Kier molecular flexibility index (Phi) is 7.56. The van der Waals surface area contributed by atoms with Crippen molar-refractivity contribution in [2.75, 3.05) is 20.3 Å². The predicted molar refractivity (Wildman–Crippen MR) is 98.9 cm³/mol. The lowest BCUT2D eigenvalue weighted by molar-refractivity contribution is -0.122. The zero-order valence-electron chi connectivity index (χ0n) is 16.9. The van der Waals surface area contributed by atoms with Crippen LogP contribution < -0.4 is 5.32 Å². The van der Waals surface area contributed by atoms with Crippen LogP contribution in [-0.4, -0.2) is 37.0 Å². The van der Waals surface area contributed by atoms with Gasteiger partial charge < -0.3 is 14.8 Å². The first kappa shape index (κ1) is 20.9. The number of rotatable bonds is 10. The fourth-order valence-corrected chi connectivity index (χ4v) is 3.63. The van der Waals surface area contributed by atoms with E-state index >= 15 is 0 Å². The molecule has 4 unspecified atom stereocenters. The molecule has 1 N–H and O–H groups in total. The summed E-state index contributed by atoms with van der Waals surface area (Å²) in [5.74, 6) is 1.19. The second-order valence-electron chi connectivity index (χ2n) is 8.73. The first-order valence-corrected chi connectivity index (χ1v) is 9.57. The van der Waals surface area contributed by atoms with Crippen molar-refractivity contribution in [3.63, 3.8) is 0 Å². The molecule has 0 aliphatic heterocycles. The molecule has 3 nitrogen and oxygen atoms in total. The van der Waals surface area contributed by atoms with E-state index in [1.54, 1.807) is 0 Å². The van der Waals surface area contributed by atoms with E-state index in [0.29, 0.717) is 11.8 Å². The Morgan fingerprint density at radius 1 is 1.17 bits per heavy atom. The fraction of sp³-hybridized carbons (Fsp3) is 1.00. The van der Waals surface area contributed by atoms with Gasteiger partial charge in [-0.2, -0.15) is 0 Å². The Balaban J connectivity index is 2.55. The lowest BCUT2D eigenvalue weighted by Crippen LogP contribution is -2.56. The Morgan fingerprint density at radius 2 is 1.83 bits per heavy atom. The van der Waals surface area contributed by atoms with Gasteiger partial charge in [-0.1, -0.05) is 20.3 Å². The van der Waals surface area contributed by atoms with Gasteiger partial charge in [0, 0.05) is 18.1 Å². The van der Waals surface area contributed by atoms with E-state index < -0.39 is 0 Å². The summed E-state index contributed by atoms with van der Waals surface area (Å²) < 4.78 is 12.5. The zero-order chi connectivity index (χ0) is 17.7. The maximum absolute atomic E-state index is 6.52. The lowest BCUT2D eigenvalue weighted by Gasteiger charge is -2.49. The van der Waals surface area contributed by atoms with Gasteiger partial charge in [-0.25, -0.2) is 0 Å². The number of hydrogen-bond donors (Lipinski definition) is 1. The Bertz CT molecular complexity index is 348. The molecule has 0 heterocycles. The van der Waals surface area contributed by atoms with Crippen LogP contribution in [0.1, 0.15) is 80.6 Å². The van der Waals surface area contributed by atoms with Gasteiger partial charge in [-0.3, -0.25) is 0 Å².